The van der Waals surface area contributed by atoms with Crippen molar-refractivity contribution >= 4 is 23.5 Å². The van der Waals surface area contributed by atoms with Gasteiger partial charge in [-0.25, -0.2) is 9.97 Å². The first-order chi connectivity index (χ1) is 14.2. The molecule has 5 nitrogen and oxygen atoms in total. The van der Waals surface area contributed by atoms with E-state index in [0.29, 0.717) is 18.2 Å². The SMILES string of the molecule is O=C(c1nc(N2CCCC2)nc2c1CCCC2)N1CCC(c2ccccc2Cl)C1. The summed E-state index contributed by atoms with van der Waals surface area (Å²) in [5.41, 5.74) is 3.98. The molecule has 0 radical (unpaired) electrons. The number of nitrogens with zero attached hydrogens (tertiary/aromatic N) is 4. The quantitative estimate of drug-likeness (QED) is 0.759. The summed E-state index contributed by atoms with van der Waals surface area (Å²) in [7, 11) is 0. The van der Waals surface area contributed by atoms with Crippen LogP contribution in [-0.2, 0) is 12.8 Å². The molecule has 2 fully saturated rings. The minimum Gasteiger partial charge on any atom is -0.341 e. The van der Waals surface area contributed by atoms with Crippen LogP contribution in [0.2, 0.25) is 5.02 Å². The van der Waals surface area contributed by atoms with Crippen molar-refractivity contribution in [1.82, 2.24) is 14.9 Å². The summed E-state index contributed by atoms with van der Waals surface area (Å²) < 4.78 is 0. The number of likely N-dealkylation sites (tertiary alicyclic amines) is 1. The second-order valence-electron chi connectivity index (χ2n) is 8.46. The molecule has 1 aliphatic carbocycles. The van der Waals surface area contributed by atoms with Crippen LogP contribution >= 0.6 is 11.6 Å². The number of carbonyl (C=O) groups is 1. The van der Waals surface area contributed by atoms with Gasteiger partial charge in [-0.15, -0.1) is 0 Å². The number of halogens is 1. The summed E-state index contributed by atoms with van der Waals surface area (Å²) in [6.07, 6.45) is 7.43. The highest BCUT2D eigenvalue weighted by Crippen LogP contribution is 2.34. The molecule has 5 rings (SSSR count). The minimum absolute atomic E-state index is 0.0700. The number of carbonyl (C=O) groups excluding carboxylic acids is 1. The lowest BCUT2D eigenvalue weighted by Gasteiger charge is -2.24. The number of rotatable bonds is 3. The molecule has 0 N–H and O–H groups in total. The van der Waals surface area contributed by atoms with E-state index in [-0.39, 0.29) is 5.91 Å². The normalized spacial score (nSPS) is 21.5. The van der Waals surface area contributed by atoms with Gasteiger partial charge < -0.3 is 9.80 Å². The van der Waals surface area contributed by atoms with Crippen molar-refractivity contribution in [3.8, 4) is 0 Å². The minimum atomic E-state index is 0.0700. The summed E-state index contributed by atoms with van der Waals surface area (Å²) in [4.78, 5) is 27.4. The molecule has 3 heterocycles. The van der Waals surface area contributed by atoms with E-state index < -0.39 is 0 Å². The van der Waals surface area contributed by atoms with E-state index in [4.69, 9.17) is 21.6 Å². The fourth-order valence-corrected chi connectivity index (χ4v) is 5.26. The van der Waals surface area contributed by atoms with Gasteiger partial charge in [0, 0.05) is 48.4 Å². The van der Waals surface area contributed by atoms with E-state index in [1.165, 1.54) is 12.8 Å². The van der Waals surface area contributed by atoms with Crippen LogP contribution in [0.15, 0.2) is 24.3 Å². The predicted molar refractivity (Wildman–Crippen MR) is 115 cm³/mol. The number of anilines is 1. The maximum atomic E-state index is 13.5. The lowest BCUT2D eigenvalue weighted by Crippen LogP contribution is -2.32. The molecule has 0 bridgehead atoms. The van der Waals surface area contributed by atoms with Crippen LogP contribution in [0.1, 0.15) is 65.3 Å². The lowest BCUT2D eigenvalue weighted by atomic mass is 9.94. The first-order valence-electron chi connectivity index (χ1n) is 10.9. The van der Waals surface area contributed by atoms with Crippen molar-refractivity contribution in [2.45, 2.75) is 50.9 Å². The van der Waals surface area contributed by atoms with Gasteiger partial charge in [-0.3, -0.25) is 4.79 Å². The molecule has 2 aromatic rings. The molecular weight excluding hydrogens is 384 g/mol. The van der Waals surface area contributed by atoms with Crippen LogP contribution in [0.25, 0.3) is 0 Å². The molecule has 1 aromatic heterocycles. The van der Waals surface area contributed by atoms with Crippen LogP contribution in [0.3, 0.4) is 0 Å². The van der Waals surface area contributed by atoms with E-state index in [1.807, 2.05) is 23.1 Å². The number of aromatic nitrogens is 2. The lowest BCUT2D eigenvalue weighted by molar-refractivity contribution is 0.0783. The zero-order valence-electron chi connectivity index (χ0n) is 16.7. The van der Waals surface area contributed by atoms with Gasteiger partial charge in [-0.2, -0.15) is 0 Å². The maximum absolute atomic E-state index is 13.5. The summed E-state index contributed by atoms with van der Waals surface area (Å²) in [5.74, 6) is 1.12. The van der Waals surface area contributed by atoms with Gasteiger partial charge in [0.1, 0.15) is 5.69 Å². The molecule has 29 heavy (non-hydrogen) atoms. The number of benzene rings is 1. The van der Waals surface area contributed by atoms with Gasteiger partial charge in [-0.05, 0) is 56.6 Å². The average Bonchev–Trinajstić information content (AvgIpc) is 3.45. The zero-order valence-corrected chi connectivity index (χ0v) is 17.5. The van der Waals surface area contributed by atoms with E-state index in [0.717, 1.165) is 79.5 Å². The predicted octanol–water partition coefficient (Wildman–Crippen LogP) is 4.24. The molecule has 1 unspecified atom stereocenters. The van der Waals surface area contributed by atoms with Gasteiger partial charge in [0.05, 0.1) is 0 Å². The van der Waals surface area contributed by atoms with Crippen molar-refractivity contribution in [2.24, 2.45) is 0 Å². The van der Waals surface area contributed by atoms with E-state index in [2.05, 4.69) is 11.0 Å². The smallest absolute Gasteiger partial charge is 0.272 e. The Morgan fingerprint density at radius 2 is 1.79 bits per heavy atom. The number of fused-ring (bicyclic) bond motifs is 1. The van der Waals surface area contributed by atoms with Gasteiger partial charge in [0.25, 0.3) is 5.91 Å². The second kappa shape index (κ2) is 7.94. The molecule has 0 spiro atoms. The monoisotopic (exact) mass is 410 g/mol. The van der Waals surface area contributed by atoms with Crippen LogP contribution in [0.4, 0.5) is 5.95 Å². The molecule has 1 amide bonds. The van der Waals surface area contributed by atoms with Crippen LogP contribution < -0.4 is 4.90 Å². The first-order valence-corrected chi connectivity index (χ1v) is 11.3. The standard InChI is InChI=1S/C23H27ClN4O/c24-19-9-3-1-7-17(19)16-11-14-28(15-16)22(29)21-18-8-2-4-10-20(18)25-23(26-21)27-12-5-6-13-27/h1,3,7,9,16H,2,4-6,8,10-15H2. The third-order valence-corrected chi connectivity index (χ3v) is 6.93. The summed E-state index contributed by atoms with van der Waals surface area (Å²) >= 11 is 6.41. The summed E-state index contributed by atoms with van der Waals surface area (Å²) in [6.45, 7) is 3.45. The van der Waals surface area contributed by atoms with Crippen molar-refractivity contribution in [2.75, 3.05) is 31.1 Å². The third kappa shape index (κ3) is 3.61. The third-order valence-electron chi connectivity index (χ3n) is 6.58. The highest BCUT2D eigenvalue weighted by atomic mass is 35.5. The van der Waals surface area contributed by atoms with Crippen LogP contribution in [-0.4, -0.2) is 47.0 Å². The van der Waals surface area contributed by atoms with E-state index >= 15 is 0 Å². The summed E-state index contributed by atoms with van der Waals surface area (Å²) in [5, 5.41) is 0.794. The Bertz CT molecular complexity index is 925. The van der Waals surface area contributed by atoms with Crippen molar-refractivity contribution in [3.63, 3.8) is 0 Å². The molecule has 1 atom stereocenters. The Hall–Kier alpha value is -2.14. The second-order valence-corrected chi connectivity index (χ2v) is 8.86. The number of hydrogen-bond acceptors (Lipinski definition) is 4. The molecule has 6 heteroatoms. The Balaban J connectivity index is 1.43. The molecular formula is C23H27ClN4O. The van der Waals surface area contributed by atoms with Gasteiger partial charge in [0.2, 0.25) is 5.95 Å². The molecule has 0 saturated carbocycles. The fourth-order valence-electron chi connectivity index (χ4n) is 4.97. The van der Waals surface area contributed by atoms with Crippen molar-refractivity contribution in [1.29, 1.82) is 0 Å². The zero-order chi connectivity index (χ0) is 19.8. The number of aryl methyl sites for hydroxylation is 1. The highest BCUT2D eigenvalue weighted by molar-refractivity contribution is 6.31. The molecule has 2 aliphatic heterocycles. The molecule has 1 aromatic carbocycles. The van der Waals surface area contributed by atoms with Gasteiger partial charge >= 0.3 is 0 Å². The topological polar surface area (TPSA) is 49.3 Å². The number of amides is 1. The fraction of sp³-hybridized carbons (Fsp3) is 0.522. The first kappa shape index (κ1) is 18.9. The van der Waals surface area contributed by atoms with Crippen molar-refractivity contribution < 1.29 is 4.79 Å². The van der Waals surface area contributed by atoms with Crippen LogP contribution in [0.5, 0.6) is 0 Å². The Labute approximate surface area is 177 Å². The maximum Gasteiger partial charge on any atom is 0.272 e. The van der Waals surface area contributed by atoms with Crippen LogP contribution in [0, 0.1) is 0 Å². The Morgan fingerprint density at radius 3 is 2.62 bits per heavy atom. The van der Waals surface area contributed by atoms with E-state index in [9.17, 15) is 4.79 Å². The average molecular weight is 411 g/mol. The Kier molecular flexibility index (Phi) is 5.17. The molecule has 3 aliphatic rings. The molecule has 152 valence electrons. The van der Waals surface area contributed by atoms with E-state index in [1.54, 1.807) is 0 Å². The van der Waals surface area contributed by atoms with Crippen molar-refractivity contribution in [3.05, 3.63) is 51.8 Å². The molecule has 2 saturated heterocycles. The van der Waals surface area contributed by atoms with Gasteiger partial charge in [-0.1, -0.05) is 29.8 Å². The largest absolute Gasteiger partial charge is 0.341 e. The Morgan fingerprint density at radius 1 is 1.00 bits per heavy atom. The van der Waals surface area contributed by atoms with Gasteiger partial charge in [0.15, 0.2) is 0 Å². The summed E-state index contributed by atoms with van der Waals surface area (Å²) in [6, 6.07) is 8.00. The number of hydrogen-bond donors (Lipinski definition) is 0. The highest BCUT2D eigenvalue weighted by Gasteiger charge is 2.33.